The molecule has 1 aromatic heterocycles. The first-order valence-corrected chi connectivity index (χ1v) is 11.8. The minimum atomic E-state index is -3.49. The first kappa shape index (κ1) is 20.8. The summed E-state index contributed by atoms with van der Waals surface area (Å²) in [5, 5.41) is 2.90. The largest absolute Gasteiger partial charge is 0.445 e. The van der Waals surface area contributed by atoms with Gasteiger partial charge in [0.05, 0.1) is 22.5 Å². The number of hydrogen-bond donors (Lipinski definition) is 1. The summed E-state index contributed by atoms with van der Waals surface area (Å²) in [4.78, 5) is 18.3. The van der Waals surface area contributed by atoms with Crippen molar-refractivity contribution in [2.45, 2.75) is 38.8 Å². The zero-order valence-corrected chi connectivity index (χ0v) is 17.5. The van der Waals surface area contributed by atoms with Crippen molar-refractivity contribution in [2.24, 2.45) is 0 Å². The lowest BCUT2D eigenvalue weighted by atomic mass is 10.2. The Hall–Kier alpha value is -1.97. The molecule has 0 spiro atoms. The second-order valence-electron chi connectivity index (χ2n) is 6.81. The van der Waals surface area contributed by atoms with Crippen LogP contribution in [0, 0.1) is 6.92 Å². The molecule has 0 radical (unpaired) electrons. The first-order valence-electron chi connectivity index (χ1n) is 9.28. The Balaban J connectivity index is 1.48. The molecule has 0 aliphatic carbocycles. The van der Waals surface area contributed by atoms with Crippen LogP contribution in [-0.4, -0.2) is 49.3 Å². The van der Waals surface area contributed by atoms with Crippen LogP contribution in [0.3, 0.4) is 0 Å². The highest BCUT2D eigenvalue weighted by molar-refractivity contribution is 7.89. The Kier molecular flexibility index (Phi) is 7.03. The van der Waals surface area contributed by atoms with Gasteiger partial charge in [-0.05, 0) is 25.3 Å². The molecular formula is C19H25N3O4S2. The molecular weight excluding hydrogens is 398 g/mol. The van der Waals surface area contributed by atoms with Crippen LogP contribution < -0.4 is 4.72 Å². The second-order valence-corrected chi connectivity index (χ2v) is 9.73. The summed E-state index contributed by atoms with van der Waals surface area (Å²) in [6.07, 6.45) is 1.53. The molecule has 1 N–H and O–H groups in total. The van der Waals surface area contributed by atoms with Gasteiger partial charge in [-0.1, -0.05) is 30.3 Å². The zero-order chi connectivity index (χ0) is 20.0. The van der Waals surface area contributed by atoms with Crippen LogP contribution in [0.4, 0.5) is 4.79 Å². The summed E-state index contributed by atoms with van der Waals surface area (Å²) in [5.41, 5.74) is 1.79. The zero-order valence-electron chi connectivity index (χ0n) is 15.8. The minimum absolute atomic E-state index is 0.108. The summed E-state index contributed by atoms with van der Waals surface area (Å²) in [6.45, 7) is 2.92. The Morgan fingerprint density at radius 2 is 2.14 bits per heavy atom. The molecule has 1 atom stereocenters. The number of rotatable bonds is 8. The quantitative estimate of drug-likeness (QED) is 0.705. The highest BCUT2D eigenvalue weighted by Gasteiger charge is 2.33. The van der Waals surface area contributed by atoms with Gasteiger partial charge in [-0.2, -0.15) is 0 Å². The molecule has 1 amide bonds. The van der Waals surface area contributed by atoms with Crippen molar-refractivity contribution in [1.82, 2.24) is 14.6 Å². The van der Waals surface area contributed by atoms with Crippen molar-refractivity contribution in [3.05, 3.63) is 52.0 Å². The van der Waals surface area contributed by atoms with Gasteiger partial charge in [0.2, 0.25) is 10.0 Å². The SMILES string of the molecule is Cc1nc(CCNS(=O)(=O)C[C@@H]2CCCN2C(=O)OCc2ccccc2)cs1. The van der Waals surface area contributed by atoms with Crippen molar-refractivity contribution in [1.29, 1.82) is 0 Å². The van der Waals surface area contributed by atoms with Crippen LogP contribution in [0.2, 0.25) is 0 Å². The van der Waals surface area contributed by atoms with Crippen LogP contribution in [0.5, 0.6) is 0 Å². The molecule has 2 aromatic rings. The molecule has 1 aliphatic heterocycles. The molecule has 7 nitrogen and oxygen atoms in total. The fourth-order valence-electron chi connectivity index (χ4n) is 3.22. The Morgan fingerprint density at radius 3 is 2.86 bits per heavy atom. The molecule has 1 aromatic carbocycles. The molecule has 152 valence electrons. The van der Waals surface area contributed by atoms with Crippen LogP contribution in [0.15, 0.2) is 35.7 Å². The van der Waals surface area contributed by atoms with Gasteiger partial charge in [0, 0.05) is 24.9 Å². The molecule has 1 saturated heterocycles. The predicted octanol–water partition coefficient (Wildman–Crippen LogP) is 2.71. The van der Waals surface area contributed by atoms with E-state index in [1.165, 1.54) is 4.90 Å². The van der Waals surface area contributed by atoms with E-state index >= 15 is 0 Å². The molecule has 2 heterocycles. The van der Waals surface area contributed by atoms with E-state index in [0.29, 0.717) is 25.9 Å². The summed E-state index contributed by atoms with van der Waals surface area (Å²) in [6, 6.07) is 9.07. The topological polar surface area (TPSA) is 88.6 Å². The number of amides is 1. The number of aromatic nitrogens is 1. The van der Waals surface area contributed by atoms with Crippen molar-refractivity contribution in [3.63, 3.8) is 0 Å². The third-order valence-electron chi connectivity index (χ3n) is 4.60. The molecule has 1 aliphatic rings. The van der Waals surface area contributed by atoms with Gasteiger partial charge in [0.25, 0.3) is 0 Å². The van der Waals surface area contributed by atoms with Gasteiger partial charge in [-0.15, -0.1) is 11.3 Å². The predicted molar refractivity (Wildman–Crippen MR) is 109 cm³/mol. The Morgan fingerprint density at radius 1 is 1.36 bits per heavy atom. The summed E-state index contributed by atoms with van der Waals surface area (Å²) in [5.74, 6) is -0.108. The molecule has 0 saturated carbocycles. The molecule has 3 rings (SSSR count). The third-order valence-corrected chi connectivity index (χ3v) is 6.89. The number of thiazole rings is 1. The van der Waals surface area contributed by atoms with Gasteiger partial charge < -0.3 is 9.64 Å². The minimum Gasteiger partial charge on any atom is -0.445 e. The third kappa shape index (κ3) is 6.02. The molecule has 9 heteroatoms. The number of likely N-dealkylation sites (tertiary alicyclic amines) is 1. The van der Waals surface area contributed by atoms with Gasteiger partial charge in [-0.3, -0.25) is 0 Å². The highest BCUT2D eigenvalue weighted by Crippen LogP contribution is 2.20. The molecule has 1 fully saturated rings. The number of sulfonamides is 1. The van der Waals surface area contributed by atoms with Gasteiger partial charge in [-0.25, -0.2) is 22.9 Å². The van der Waals surface area contributed by atoms with E-state index in [0.717, 1.165) is 22.7 Å². The number of benzene rings is 1. The van der Waals surface area contributed by atoms with Crippen LogP contribution in [-0.2, 0) is 27.8 Å². The summed E-state index contributed by atoms with van der Waals surface area (Å²) >= 11 is 1.55. The van der Waals surface area contributed by atoms with Gasteiger partial charge >= 0.3 is 6.09 Å². The fourth-order valence-corrected chi connectivity index (χ4v) is 5.25. The van der Waals surface area contributed by atoms with E-state index in [4.69, 9.17) is 4.74 Å². The standard InChI is InChI=1S/C19H25N3O4S2/c1-15-21-17(13-27-15)9-10-20-28(24,25)14-18-8-5-11-22(18)19(23)26-12-16-6-3-2-4-7-16/h2-4,6-7,13,18,20H,5,8-12,14H2,1H3/t18-/m0/s1. The lowest BCUT2D eigenvalue weighted by molar-refractivity contribution is 0.0948. The number of carbonyl (C=O) groups excluding carboxylic acids is 1. The lowest BCUT2D eigenvalue weighted by Gasteiger charge is -2.24. The van der Waals surface area contributed by atoms with Gasteiger partial charge in [0.15, 0.2) is 0 Å². The second kappa shape index (κ2) is 9.49. The summed E-state index contributed by atoms with van der Waals surface area (Å²) in [7, 11) is -3.49. The van der Waals surface area contributed by atoms with E-state index in [2.05, 4.69) is 9.71 Å². The van der Waals surface area contributed by atoms with Crippen LogP contribution in [0.1, 0.15) is 29.1 Å². The molecule has 0 unspecified atom stereocenters. The maximum atomic E-state index is 12.4. The van der Waals surface area contributed by atoms with Crippen molar-refractivity contribution >= 4 is 27.5 Å². The smallest absolute Gasteiger partial charge is 0.410 e. The molecule has 0 bridgehead atoms. The monoisotopic (exact) mass is 423 g/mol. The maximum absolute atomic E-state index is 12.4. The number of ether oxygens (including phenoxy) is 1. The number of nitrogens with one attached hydrogen (secondary N) is 1. The van der Waals surface area contributed by atoms with E-state index in [9.17, 15) is 13.2 Å². The van der Waals surface area contributed by atoms with Crippen LogP contribution >= 0.6 is 11.3 Å². The Labute approximate surface area is 169 Å². The van der Waals surface area contributed by atoms with E-state index in [1.54, 1.807) is 11.3 Å². The van der Waals surface area contributed by atoms with Crippen LogP contribution in [0.25, 0.3) is 0 Å². The number of carbonyl (C=O) groups is 1. The number of nitrogens with zero attached hydrogens (tertiary/aromatic N) is 2. The molecule has 28 heavy (non-hydrogen) atoms. The van der Waals surface area contributed by atoms with Crippen molar-refractivity contribution in [3.8, 4) is 0 Å². The Bertz CT molecular complexity index is 884. The van der Waals surface area contributed by atoms with Gasteiger partial charge in [0.1, 0.15) is 6.61 Å². The number of aryl methyl sites for hydroxylation is 1. The fraction of sp³-hybridized carbons (Fsp3) is 0.474. The first-order chi connectivity index (χ1) is 13.4. The number of hydrogen-bond acceptors (Lipinski definition) is 6. The van der Waals surface area contributed by atoms with E-state index < -0.39 is 16.1 Å². The van der Waals surface area contributed by atoms with Crippen molar-refractivity contribution < 1.29 is 17.9 Å². The maximum Gasteiger partial charge on any atom is 0.410 e. The summed E-state index contributed by atoms with van der Waals surface area (Å²) < 4.78 is 32.8. The van der Waals surface area contributed by atoms with Crippen molar-refractivity contribution in [2.75, 3.05) is 18.8 Å². The van der Waals surface area contributed by atoms with E-state index in [-0.39, 0.29) is 18.4 Å². The normalized spacial score (nSPS) is 17.0. The lowest BCUT2D eigenvalue weighted by Crippen LogP contribution is -2.43. The van der Waals surface area contributed by atoms with E-state index in [1.807, 2.05) is 42.6 Å². The average molecular weight is 424 g/mol. The average Bonchev–Trinajstić information content (AvgIpc) is 3.29. The highest BCUT2D eigenvalue weighted by atomic mass is 32.2.